The molecular formula is C20H21FN8O3S. The van der Waals surface area contributed by atoms with Gasteiger partial charge in [0, 0.05) is 12.6 Å². The van der Waals surface area contributed by atoms with Crippen molar-refractivity contribution in [3.05, 3.63) is 30.2 Å². The van der Waals surface area contributed by atoms with E-state index in [4.69, 9.17) is 15.5 Å². The largest absolute Gasteiger partial charge is 0.377 e. The van der Waals surface area contributed by atoms with Gasteiger partial charge in [-0.3, -0.25) is 0 Å². The number of aromatic nitrogens is 6. The van der Waals surface area contributed by atoms with Gasteiger partial charge in [0.05, 0.1) is 47.1 Å². The average molecular weight is 473 g/mol. The van der Waals surface area contributed by atoms with E-state index in [1.54, 1.807) is 0 Å². The van der Waals surface area contributed by atoms with Gasteiger partial charge >= 0.3 is 0 Å². The van der Waals surface area contributed by atoms with Crippen molar-refractivity contribution < 1.29 is 17.5 Å². The maximum atomic E-state index is 13.7. The second-order valence-corrected chi connectivity index (χ2v) is 10.4. The molecule has 1 saturated carbocycles. The molecule has 3 aromatic heterocycles. The molecule has 1 unspecified atom stereocenters. The van der Waals surface area contributed by atoms with Gasteiger partial charge in [-0.2, -0.15) is 15.1 Å². The highest BCUT2D eigenvalue weighted by molar-refractivity contribution is 7.90. The number of nitrogens with zero attached hydrogens (tertiary/aromatic N) is 7. The van der Waals surface area contributed by atoms with E-state index >= 15 is 0 Å². The third kappa shape index (κ3) is 3.14. The van der Waals surface area contributed by atoms with Crippen molar-refractivity contribution in [3.63, 3.8) is 0 Å². The van der Waals surface area contributed by atoms with Crippen molar-refractivity contribution in [1.82, 2.24) is 28.7 Å². The molecule has 0 radical (unpaired) electrons. The minimum Gasteiger partial charge on any atom is -0.377 e. The van der Waals surface area contributed by atoms with E-state index in [1.807, 2.05) is 11.8 Å². The molecule has 1 saturated heterocycles. The third-order valence-corrected chi connectivity index (χ3v) is 8.10. The van der Waals surface area contributed by atoms with E-state index in [2.05, 4.69) is 15.1 Å². The molecule has 13 heteroatoms. The number of fused-ring (bicyclic) bond motifs is 2. The molecule has 1 aliphatic heterocycles. The monoisotopic (exact) mass is 472 g/mol. The third-order valence-electron chi connectivity index (χ3n) is 6.04. The van der Waals surface area contributed by atoms with Crippen LogP contribution < -0.4 is 10.6 Å². The number of hydrogen-bond acceptors (Lipinski definition) is 9. The van der Waals surface area contributed by atoms with E-state index in [0.717, 1.165) is 4.09 Å². The van der Waals surface area contributed by atoms with Crippen LogP contribution in [0.3, 0.4) is 0 Å². The van der Waals surface area contributed by atoms with Crippen LogP contribution in [-0.2, 0) is 14.8 Å². The van der Waals surface area contributed by atoms with Gasteiger partial charge in [-0.25, -0.2) is 22.4 Å². The minimum atomic E-state index is -3.69. The lowest BCUT2D eigenvalue weighted by atomic mass is 10.2. The normalized spacial score (nSPS) is 19.6. The van der Waals surface area contributed by atoms with Crippen LogP contribution in [0, 0.1) is 5.82 Å². The van der Waals surface area contributed by atoms with Crippen LogP contribution in [-0.4, -0.2) is 68.2 Å². The Bertz CT molecular complexity index is 1510. The van der Waals surface area contributed by atoms with E-state index in [1.165, 1.54) is 29.0 Å². The second-order valence-electron chi connectivity index (χ2n) is 8.37. The molecule has 0 amide bonds. The van der Waals surface area contributed by atoms with Gasteiger partial charge in [-0.15, -0.1) is 4.09 Å². The lowest BCUT2D eigenvalue weighted by molar-refractivity contribution is 0.0987. The first-order valence-electron chi connectivity index (χ1n) is 10.6. The molecule has 1 aromatic carbocycles. The highest BCUT2D eigenvalue weighted by Crippen LogP contribution is 2.34. The Morgan fingerprint density at radius 2 is 2.03 bits per heavy atom. The van der Waals surface area contributed by atoms with Gasteiger partial charge in [0.1, 0.15) is 11.6 Å². The van der Waals surface area contributed by atoms with Crippen molar-refractivity contribution >= 4 is 43.9 Å². The van der Waals surface area contributed by atoms with Gasteiger partial charge in [-0.1, -0.05) is 0 Å². The predicted molar refractivity (Wildman–Crippen MR) is 119 cm³/mol. The number of imidazole rings is 1. The summed E-state index contributed by atoms with van der Waals surface area (Å²) in [4.78, 5) is 15.6. The maximum absolute atomic E-state index is 13.7. The summed E-state index contributed by atoms with van der Waals surface area (Å²) in [5, 5.41) is 4.24. The average Bonchev–Trinajstić information content (AvgIpc) is 3.48. The van der Waals surface area contributed by atoms with Gasteiger partial charge in [0.2, 0.25) is 11.9 Å². The Morgan fingerprint density at radius 3 is 2.79 bits per heavy atom. The molecular weight excluding hydrogens is 451 g/mol. The SMILES string of the molecule is CC1COCCN1c1nc(-n2c(N)nc3cc(F)ccc32)nc2c1cnn2S(=O)(=O)C1CC1. The van der Waals surface area contributed by atoms with E-state index < -0.39 is 21.1 Å². The fraction of sp³-hybridized carbons (Fsp3) is 0.400. The minimum absolute atomic E-state index is 0.000867. The van der Waals surface area contributed by atoms with Crippen LogP contribution >= 0.6 is 0 Å². The molecule has 0 spiro atoms. The highest BCUT2D eigenvalue weighted by atomic mass is 32.2. The van der Waals surface area contributed by atoms with Crippen molar-refractivity contribution in [2.75, 3.05) is 30.4 Å². The summed E-state index contributed by atoms with van der Waals surface area (Å²) >= 11 is 0. The van der Waals surface area contributed by atoms with Crippen molar-refractivity contribution in [2.24, 2.45) is 0 Å². The van der Waals surface area contributed by atoms with Crippen molar-refractivity contribution in [1.29, 1.82) is 0 Å². The Hall–Kier alpha value is -3.32. The number of nitrogen functional groups attached to an aromatic ring is 1. The van der Waals surface area contributed by atoms with E-state index in [-0.39, 0.29) is 23.6 Å². The lowest BCUT2D eigenvalue weighted by Gasteiger charge is -2.34. The first-order chi connectivity index (χ1) is 15.8. The number of ether oxygens (including phenoxy) is 1. The van der Waals surface area contributed by atoms with Crippen LogP contribution in [0.5, 0.6) is 0 Å². The smallest absolute Gasteiger partial charge is 0.258 e. The zero-order valence-electron chi connectivity index (χ0n) is 17.7. The summed E-state index contributed by atoms with van der Waals surface area (Å²) in [6.45, 7) is 3.58. The standard InChI is InChI=1S/C20H21FN8O3S/c1-11-10-32-7-6-27(11)17-14-9-23-29(33(30,31)13-3-4-13)18(14)26-20(25-17)28-16-5-2-12(21)8-15(16)24-19(28)22/h2,5,8-9,11,13H,3-4,6-7,10H2,1H3,(H2,22,24). The lowest BCUT2D eigenvalue weighted by Crippen LogP contribution is -2.44. The van der Waals surface area contributed by atoms with Gasteiger partial charge in [-0.05, 0) is 31.9 Å². The molecule has 11 nitrogen and oxygen atoms in total. The summed E-state index contributed by atoms with van der Waals surface area (Å²) in [6.07, 6.45) is 2.68. The van der Waals surface area contributed by atoms with Gasteiger partial charge < -0.3 is 15.4 Å². The van der Waals surface area contributed by atoms with E-state index in [0.29, 0.717) is 54.8 Å². The van der Waals surface area contributed by atoms with Crippen LogP contribution in [0.1, 0.15) is 19.8 Å². The summed E-state index contributed by atoms with van der Waals surface area (Å²) in [7, 11) is -3.69. The molecule has 2 N–H and O–H groups in total. The Balaban J connectivity index is 1.64. The Kier molecular flexibility index (Phi) is 4.36. The van der Waals surface area contributed by atoms with Gasteiger partial charge in [0.25, 0.3) is 10.0 Å². The molecule has 2 aliphatic rings. The molecule has 1 atom stereocenters. The topological polar surface area (TPSA) is 134 Å². The fourth-order valence-electron chi connectivity index (χ4n) is 4.20. The van der Waals surface area contributed by atoms with E-state index in [9.17, 15) is 12.8 Å². The number of hydrogen-bond donors (Lipinski definition) is 1. The zero-order valence-corrected chi connectivity index (χ0v) is 18.5. The number of rotatable bonds is 4. The molecule has 2 fully saturated rings. The number of halogens is 1. The molecule has 0 bridgehead atoms. The maximum Gasteiger partial charge on any atom is 0.258 e. The van der Waals surface area contributed by atoms with Gasteiger partial charge in [0.15, 0.2) is 5.65 Å². The molecule has 4 heterocycles. The molecule has 1 aliphatic carbocycles. The number of nitrogens with two attached hydrogens (primary N) is 1. The summed E-state index contributed by atoms with van der Waals surface area (Å²) in [5.74, 6) is 0.286. The molecule has 6 rings (SSSR count). The van der Waals surface area contributed by atoms with Crippen LogP contribution in [0.25, 0.3) is 28.0 Å². The number of anilines is 2. The predicted octanol–water partition coefficient (Wildman–Crippen LogP) is 1.45. The Morgan fingerprint density at radius 1 is 1.21 bits per heavy atom. The van der Waals surface area contributed by atoms with Crippen LogP contribution in [0.15, 0.2) is 24.4 Å². The van der Waals surface area contributed by atoms with Crippen molar-refractivity contribution in [3.8, 4) is 5.95 Å². The molecule has 33 heavy (non-hydrogen) atoms. The first-order valence-corrected chi connectivity index (χ1v) is 12.1. The van der Waals surface area contributed by atoms with Crippen LogP contribution in [0.4, 0.5) is 16.2 Å². The molecule has 172 valence electrons. The number of morpholine rings is 1. The van der Waals surface area contributed by atoms with Crippen LogP contribution in [0.2, 0.25) is 0 Å². The zero-order chi connectivity index (χ0) is 22.9. The van der Waals surface area contributed by atoms with Crippen molar-refractivity contribution in [2.45, 2.75) is 31.1 Å². The quantitative estimate of drug-likeness (QED) is 0.468. The number of benzene rings is 1. The second kappa shape index (κ2) is 7.09. The summed E-state index contributed by atoms with van der Waals surface area (Å²) in [5.41, 5.74) is 7.19. The summed E-state index contributed by atoms with van der Waals surface area (Å²) < 4.78 is 47.9. The summed E-state index contributed by atoms with van der Waals surface area (Å²) in [6, 6.07) is 4.11. The first kappa shape index (κ1) is 20.3. The fourth-order valence-corrected chi connectivity index (χ4v) is 5.77. The Labute approximate surface area is 188 Å². The molecule has 4 aromatic rings. The highest BCUT2D eigenvalue weighted by Gasteiger charge is 2.39.